The third-order valence-corrected chi connectivity index (χ3v) is 2.58. The normalized spacial score (nSPS) is 13.1. The Kier molecular flexibility index (Phi) is 9.28. The summed E-state index contributed by atoms with van der Waals surface area (Å²) in [5, 5.41) is 11.0. The SMILES string of the molecule is C[C@H](NC(=O)[C@@H](CC(N)=O)N(C)C(=O)OC(C)(C)C)C(=O)O.Cl. The first-order valence-corrected chi connectivity index (χ1v) is 6.62. The van der Waals surface area contributed by atoms with Crippen LogP contribution in [-0.2, 0) is 19.1 Å². The van der Waals surface area contributed by atoms with E-state index in [4.69, 9.17) is 15.6 Å². The predicted octanol–water partition coefficient (Wildman–Crippen LogP) is 0.108. The molecule has 10 heteroatoms. The second-order valence-corrected chi connectivity index (χ2v) is 5.85. The summed E-state index contributed by atoms with van der Waals surface area (Å²) >= 11 is 0. The van der Waals surface area contributed by atoms with Gasteiger partial charge < -0.3 is 20.9 Å². The Bertz CT molecular complexity index is 463. The van der Waals surface area contributed by atoms with E-state index in [1.54, 1.807) is 20.8 Å². The molecule has 4 N–H and O–H groups in total. The summed E-state index contributed by atoms with van der Waals surface area (Å²) in [6, 6.07) is -2.43. The minimum Gasteiger partial charge on any atom is -0.480 e. The van der Waals surface area contributed by atoms with Crippen LogP contribution in [0.2, 0.25) is 0 Å². The topological polar surface area (TPSA) is 139 Å². The number of carboxylic acid groups (broad SMARTS) is 1. The van der Waals surface area contributed by atoms with Crippen molar-refractivity contribution in [3.8, 4) is 0 Å². The maximum atomic E-state index is 12.1. The molecule has 0 saturated carbocycles. The molecular formula is C13H24ClN3O6. The molecule has 0 radical (unpaired) electrons. The Morgan fingerprint density at radius 1 is 1.26 bits per heavy atom. The number of aliphatic carboxylic acids is 1. The molecule has 0 aromatic heterocycles. The fourth-order valence-corrected chi connectivity index (χ4v) is 1.43. The summed E-state index contributed by atoms with van der Waals surface area (Å²) in [5.74, 6) is -2.85. The van der Waals surface area contributed by atoms with E-state index in [9.17, 15) is 19.2 Å². The molecule has 9 nitrogen and oxygen atoms in total. The van der Waals surface area contributed by atoms with Crippen LogP contribution >= 0.6 is 12.4 Å². The molecule has 0 unspecified atom stereocenters. The molecule has 0 fully saturated rings. The molecule has 0 saturated heterocycles. The van der Waals surface area contributed by atoms with Crippen LogP contribution in [0, 0.1) is 0 Å². The number of nitrogens with zero attached hydrogens (tertiary/aromatic N) is 1. The van der Waals surface area contributed by atoms with E-state index in [0.29, 0.717) is 0 Å². The quantitative estimate of drug-likeness (QED) is 0.619. The molecular weight excluding hydrogens is 330 g/mol. The van der Waals surface area contributed by atoms with Crippen LogP contribution in [0.1, 0.15) is 34.1 Å². The van der Waals surface area contributed by atoms with E-state index in [2.05, 4.69) is 5.32 Å². The summed E-state index contributed by atoms with van der Waals surface area (Å²) in [5.41, 5.74) is 4.29. The second kappa shape index (κ2) is 9.19. The summed E-state index contributed by atoms with van der Waals surface area (Å²) in [6.07, 6.45) is -1.27. The van der Waals surface area contributed by atoms with Gasteiger partial charge in [0.25, 0.3) is 0 Å². The number of carbonyl (C=O) groups is 4. The van der Waals surface area contributed by atoms with Gasteiger partial charge in [-0.2, -0.15) is 0 Å². The lowest BCUT2D eigenvalue weighted by Crippen LogP contribution is -2.53. The first-order chi connectivity index (χ1) is 9.85. The fraction of sp³-hybridized carbons (Fsp3) is 0.692. The third kappa shape index (κ3) is 8.87. The number of nitrogens with one attached hydrogen (secondary N) is 1. The largest absolute Gasteiger partial charge is 0.480 e. The van der Waals surface area contributed by atoms with Gasteiger partial charge in [-0.3, -0.25) is 19.3 Å². The summed E-state index contributed by atoms with van der Waals surface area (Å²) in [7, 11) is 1.27. The number of hydrogen-bond donors (Lipinski definition) is 3. The number of primary amides is 1. The average molecular weight is 354 g/mol. The number of halogens is 1. The smallest absolute Gasteiger partial charge is 0.410 e. The zero-order chi connectivity index (χ0) is 17.7. The van der Waals surface area contributed by atoms with Crippen LogP contribution in [0.25, 0.3) is 0 Å². The highest BCUT2D eigenvalue weighted by molar-refractivity contribution is 5.92. The minimum absolute atomic E-state index is 0. The first-order valence-electron chi connectivity index (χ1n) is 6.62. The molecule has 0 spiro atoms. The molecule has 0 aliphatic rings. The van der Waals surface area contributed by atoms with E-state index in [1.807, 2.05) is 0 Å². The molecule has 3 amide bonds. The highest BCUT2D eigenvalue weighted by atomic mass is 35.5. The molecule has 0 aliphatic heterocycles. The van der Waals surface area contributed by atoms with Gasteiger partial charge in [0.05, 0.1) is 6.42 Å². The lowest BCUT2D eigenvalue weighted by molar-refractivity contribution is -0.142. The molecule has 0 aromatic carbocycles. The molecule has 0 rings (SSSR count). The lowest BCUT2D eigenvalue weighted by Gasteiger charge is -2.29. The lowest BCUT2D eigenvalue weighted by atomic mass is 10.1. The van der Waals surface area contributed by atoms with Crippen molar-refractivity contribution < 1.29 is 29.0 Å². The van der Waals surface area contributed by atoms with Gasteiger partial charge in [-0.15, -0.1) is 12.4 Å². The van der Waals surface area contributed by atoms with Gasteiger partial charge in [0, 0.05) is 7.05 Å². The van der Waals surface area contributed by atoms with E-state index in [-0.39, 0.29) is 12.4 Å². The zero-order valence-electron chi connectivity index (χ0n) is 13.8. The van der Waals surface area contributed by atoms with E-state index in [0.717, 1.165) is 4.90 Å². The molecule has 134 valence electrons. The number of carboxylic acids is 1. The van der Waals surface area contributed by atoms with Crippen molar-refractivity contribution in [3.05, 3.63) is 0 Å². The molecule has 2 atom stereocenters. The van der Waals surface area contributed by atoms with Crippen LogP contribution < -0.4 is 11.1 Å². The monoisotopic (exact) mass is 353 g/mol. The van der Waals surface area contributed by atoms with Gasteiger partial charge >= 0.3 is 12.1 Å². The summed E-state index contributed by atoms with van der Waals surface area (Å²) in [6.45, 7) is 6.20. The summed E-state index contributed by atoms with van der Waals surface area (Å²) < 4.78 is 5.10. The first kappa shape index (κ1) is 23.2. The van der Waals surface area contributed by atoms with Crippen LogP contribution in [-0.4, -0.2) is 58.6 Å². The molecule has 0 bridgehead atoms. The van der Waals surface area contributed by atoms with Crippen molar-refractivity contribution in [1.29, 1.82) is 0 Å². The maximum Gasteiger partial charge on any atom is 0.410 e. The minimum atomic E-state index is -1.26. The van der Waals surface area contributed by atoms with Crippen LogP contribution in [0.3, 0.4) is 0 Å². The Morgan fingerprint density at radius 3 is 2.09 bits per heavy atom. The Balaban J connectivity index is 0. The van der Waals surface area contributed by atoms with Crippen LogP contribution in [0.5, 0.6) is 0 Å². The summed E-state index contributed by atoms with van der Waals surface area (Å²) in [4.78, 5) is 46.8. The van der Waals surface area contributed by atoms with Gasteiger partial charge in [0.1, 0.15) is 17.7 Å². The number of hydrogen-bond acceptors (Lipinski definition) is 5. The van der Waals surface area contributed by atoms with Crippen LogP contribution in [0.4, 0.5) is 4.79 Å². The predicted molar refractivity (Wildman–Crippen MR) is 84.1 cm³/mol. The highest BCUT2D eigenvalue weighted by Crippen LogP contribution is 2.12. The second-order valence-electron chi connectivity index (χ2n) is 5.85. The number of carbonyl (C=O) groups excluding carboxylic acids is 3. The van der Waals surface area contributed by atoms with Crippen molar-refractivity contribution in [3.63, 3.8) is 0 Å². The maximum absolute atomic E-state index is 12.1. The van der Waals surface area contributed by atoms with Gasteiger partial charge in [-0.25, -0.2) is 4.79 Å². The Morgan fingerprint density at radius 2 is 1.74 bits per heavy atom. The van der Waals surface area contributed by atoms with Crippen molar-refractivity contribution in [2.75, 3.05) is 7.05 Å². The van der Waals surface area contributed by atoms with E-state index >= 15 is 0 Å². The number of ether oxygens (including phenoxy) is 1. The Hall–Kier alpha value is -2.03. The standard InChI is InChI=1S/C13H23N3O6.ClH/c1-7(11(19)20)15-10(18)8(6-9(14)17)16(5)12(21)22-13(2,3)4;/h7-8H,6H2,1-5H3,(H2,14,17)(H,15,18)(H,19,20);1H/t7-,8+;/m0./s1. The molecule has 0 aromatic rings. The average Bonchev–Trinajstić information content (AvgIpc) is 2.32. The molecule has 23 heavy (non-hydrogen) atoms. The third-order valence-electron chi connectivity index (χ3n) is 2.58. The van der Waals surface area contributed by atoms with Crippen molar-refractivity contribution in [2.45, 2.75) is 51.8 Å². The van der Waals surface area contributed by atoms with Gasteiger partial charge in [-0.1, -0.05) is 0 Å². The number of rotatable bonds is 6. The van der Waals surface area contributed by atoms with Crippen molar-refractivity contribution >= 4 is 36.3 Å². The van der Waals surface area contributed by atoms with E-state index in [1.165, 1.54) is 14.0 Å². The highest BCUT2D eigenvalue weighted by Gasteiger charge is 2.32. The van der Waals surface area contributed by atoms with Crippen molar-refractivity contribution in [2.24, 2.45) is 5.73 Å². The van der Waals surface area contributed by atoms with Crippen LogP contribution in [0.15, 0.2) is 0 Å². The van der Waals surface area contributed by atoms with E-state index < -0.39 is 48.0 Å². The molecule has 0 heterocycles. The molecule has 0 aliphatic carbocycles. The van der Waals surface area contributed by atoms with Gasteiger partial charge in [0.2, 0.25) is 11.8 Å². The van der Waals surface area contributed by atoms with Gasteiger partial charge in [-0.05, 0) is 27.7 Å². The fourth-order valence-electron chi connectivity index (χ4n) is 1.43. The zero-order valence-corrected chi connectivity index (χ0v) is 14.6. The number of likely N-dealkylation sites (N-methyl/N-ethyl adjacent to an activating group) is 1. The van der Waals surface area contributed by atoms with Gasteiger partial charge in [0.15, 0.2) is 0 Å². The van der Waals surface area contributed by atoms with Crippen molar-refractivity contribution in [1.82, 2.24) is 10.2 Å². The Labute approximate surface area is 140 Å². The number of nitrogens with two attached hydrogens (primary N) is 1. The number of amides is 3.